The molecule has 2 aromatic rings. The van der Waals surface area contributed by atoms with Gasteiger partial charge in [-0.25, -0.2) is 6.57 Å². The van der Waals surface area contributed by atoms with Crippen LogP contribution in [0, 0.1) is 20.4 Å². The fourth-order valence-electron chi connectivity index (χ4n) is 2.79. The Balaban J connectivity index is 2.05. The lowest BCUT2D eigenvalue weighted by atomic mass is 10.2. The summed E-state index contributed by atoms with van der Waals surface area (Å²) in [7, 11) is 0. The van der Waals surface area contributed by atoms with Gasteiger partial charge < -0.3 is 14.1 Å². The van der Waals surface area contributed by atoms with Gasteiger partial charge in [-0.05, 0) is 32.4 Å². The Morgan fingerprint density at radius 2 is 2.15 bits per heavy atom. The van der Waals surface area contributed by atoms with E-state index in [9.17, 15) is 0 Å². The monoisotopic (exact) mass is 270 g/mol. The van der Waals surface area contributed by atoms with Crippen LogP contribution in [0.4, 0.5) is 0 Å². The summed E-state index contributed by atoms with van der Waals surface area (Å²) < 4.78 is 9.56. The van der Waals surface area contributed by atoms with Gasteiger partial charge in [-0.1, -0.05) is 0 Å². The summed E-state index contributed by atoms with van der Waals surface area (Å²) in [6, 6.07) is 6.45. The molecule has 104 valence electrons. The zero-order chi connectivity index (χ0) is 14.1. The number of aromatic nitrogens is 3. The fraction of sp³-hybridized carbons (Fsp3) is 0.467. The van der Waals surface area contributed by atoms with E-state index in [1.54, 1.807) is 0 Å². The van der Waals surface area contributed by atoms with E-state index < -0.39 is 0 Å². The minimum Gasteiger partial charge on any atom is -0.379 e. The molecule has 1 atom stereocenters. The Kier molecular flexibility index (Phi) is 3.33. The second kappa shape index (κ2) is 5.14. The van der Waals surface area contributed by atoms with Crippen LogP contribution in [0.2, 0.25) is 0 Å². The Labute approximate surface area is 118 Å². The highest BCUT2D eigenvalue weighted by Gasteiger charge is 2.23. The first-order chi connectivity index (χ1) is 9.70. The van der Waals surface area contributed by atoms with Crippen LogP contribution in [0.25, 0.3) is 10.7 Å². The maximum atomic E-state index is 7.12. The molecule has 0 unspecified atom stereocenters. The van der Waals surface area contributed by atoms with Gasteiger partial charge >= 0.3 is 0 Å². The molecule has 3 rings (SSSR count). The topological polar surface area (TPSA) is 36.3 Å². The Hall–Kier alpha value is -2.06. The Morgan fingerprint density at radius 3 is 2.75 bits per heavy atom. The van der Waals surface area contributed by atoms with Crippen molar-refractivity contribution in [3.8, 4) is 5.82 Å². The zero-order valence-electron chi connectivity index (χ0n) is 11.8. The number of hydrogen-bond acceptors (Lipinski definition) is 2. The molecule has 2 aromatic heterocycles. The van der Waals surface area contributed by atoms with Crippen molar-refractivity contribution in [1.29, 1.82) is 0 Å². The lowest BCUT2D eigenvalue weighted by Gasteiger charge is -2.10. The number of aryl methyl sites for hydroxylation is 2. The van der Waals surface area contributed by atoms with Crippen LogP contribution in [0.5, 0.6) is 0 Å². The number of rotatable bonds is 3. The largest absolute Gasteiger partial charge is 0.379 e. The third-order valence-corrected chi connectivity index (χ3v) is 3.79. The van der Waals surface area contributed by atoms with Gasteiger partial charge in [0.15, 0.2) is 5.82 Å². The van der Waals surface area contributed by atoms with Crippen molar-refractivity contribution in [2.75, 3.05) is 13.2 Å². The molecule has 0 spiro atoms. The lowest BCUT2D eigenvalue weighted by Crippen LogP contribution is -2.13. The second-order valence-corrected chi connectivity index (χ2v) is 5.22. The van der Waals surface area contributed by atoms with Crippen molar-refractivity contribution >= 4 is 0 Å². The maximum absolute atomic E-state index is 7.12. The molecule has 5 heteroatoms. The van der Waals surface area contributed by atoms with Crippen LogP contribution in [0.15, 0.2) is 18.2 Å². The van der Waals surface area contributed by atoms with Gasteiger partial charge in [0.05, 0.1) is 12.6 Å². The van der Waals surface area contributed by atoms with Crippen molar-refractivity contribution in [3.05, 3.63) is 46.7 Å². The number of ether oxygens (including phenoxy) is 1. The van der Waals surface area contributed by atoms with E-state index in [1.165, 1.54) is 0 Å². The smallest absolute Gasteiger partial charge is 0.256 e. The van der Waals surface area contributed by atoms with E-state index >= 15 is 0 Å². The molecule has 1 aliphatic heterocycles. The number of hydrogen-bond donors (Lipinski definition) is 0. The maximum Gasteiger partial charge on any atom is 0.256 e. The quantitative estimate of drug-likeness (QED) is 0.804. The first-order valence-electron chi connectivity index (χ1n) is 6.85. The normalized spacial score (nSPS) is 18.4. The molecule has 0 radical (unpaired) electrons. The molecule has 0 aliphatic carbocycles. The van der Waals surface area contributed by atoms with Gasteiger partial charge in [-0.15, -0.1) is 0 Å². The highest BCUT2D eigenvalue weighted by Crippen LogP contribution is 2.24. The minimum atomic E-state index is 0.261. The zero-order valence-corrected chi connectivity index (χ0v) is 11.8. The second-order valence-electron chi connectivity index (χ2n) is 5.22. The summed E-state index contributed by atoms with van der Waals surface area (Å²) in [5.74, 6) is 0.899. The predicted octanol–water partition coefficient (Wildman–Crippen LogP) is 2.67. The molecule has 1 fully saturated rings. The van der Waals surface area contributed by atoms with E-state index in [1.807, 2.05) is 10.7 Å². The van der Waals surface area contributed by atoms with Crippen LogP contribution < -0.4 is 0 Å². The highest BCUT2D eigenvalue weighted by atomic mass is 16.5. The summed E-state index contributed by atoms with van der Waals surface area (Å²) in [4.78, 5) is 3.52. The molecule has 1 saturated heterocycles. The van der Waals surface area contributed by atoms with Gasteiger partial charge in [-0.3, -0.25) is 4.68 Å². The SMILES string of the molecule is [C-]#[N+]Cc1cc(-n2c(C)ccc2C)nn1[C@@H]1CCOC1. The molecular weight excluding hydrogens is 252 g/mol. The van der Waals surface area contributed by atoms with E-state index in [0.717, 1.165) is 35.9 Å². The number of nitrogens with zero attached hydrogens (tertiary/aromatic N) is 4. The lowest BCUT2D eigenvalue weighted by molar-refractivity contribution is 0.184. The molecular formula is C15H18N4O. The van der Waals surface area contributed by atoms with Crippen LogP contribution in [0.3, 0.4) is 0 Å². The van der Waals surface area contributed by atoms with Gasteiger partial charge in [0.25, 0.3) is 6.54 Å². The van der Waals surface area contributed by atoms with Crippen LogP contribution in [-0.2, 0) is 11.3 Å². The van der Waals surface area contributed by atoms with Crippen molar-refractivity contribution in [2.24, 2.45) is 0 Å². The summed E-state index contributed by atoms with van der Waals surface area (Å²) in [6.45, 7) is 13.1. The molecule has 0 saturated carbocycles. The van der Waals surface area contributed by atoms with E-state index in [2.05, 4.69) is 35.4 Å². The molecule has 5 nitrogen and oxygen atoms in total. The molecule has 0 N–H and O–H groups in total. The highest BCUT2D eigenvalue weighted by molar-refractivity contribution is 5.33. The molecule has 0 aromatic carbocycles. The summed E-state index contributed by atoms with van der Waals surface area (Å²) in [5.41, 5.74) is 3.28. The summed E-state index contributed by atoms with van der Waals surface area (Å²) in [6.07, 6.45) is 0.968. The summed E-state index contributed by atoms with van der Waals surface area (Å²) in [5, 5.41) is 4.73. The van der Waals surface area contributed by atoms with E-state index in [0.29, 0.717) is 13.2 Å². The van der Waals surface area contributed by atoms with Crippen LogP contribution >= 0.6 is 0 Å². The third kappa shape index (κ3) is 2.12. The van der Waals surface area contributed by atoms with Crippen molar-refractivity contribution in [1.82, 2.24) is 14.3 Å². The van der Waals surface area contributed by atoms with Crippen LogP contribution in [0.1, 0.15) is 29.5 Å². The predicted molar refractivity (Wildman–Crippen MR) is 75.8 cm³/mol. The molecule has 3 heterocycles. The first kappa shape index (κ1) is 12.9. The van der Waals surface area contributed by atoms with Gasteiger partial charge in [-0.2, -0.15) is 5.10 Å². The van der Waals surface area contributed by atoms with Crippen molar-refractivity contribution < 1.29 is 4.74 Å². The Bertz CT molecular complexity index is 636. The minimum absolute atomic E-state index is 0.261. The van der Waals surface area contributed by atoms with Crippen molar-refractivity contribution in [3.63, 3.8) is 0 Å². The average Bonchev–Trinajstić information content (AvgIpc) is 3.11. The van der Waals surface area contributed by atoms with E-state index in [-0.39, 0.29) is 6.04 Å². The fourth-order valence-corrected chi connectivity index (χ4v) is 2.79. The van der Waals surface area contributed by atoms with Gasteiger partial charge in [0.2, 0.25) is 0 Å². The van der Waals surface area contributed by atoms with Gasteiger partial charge in [0, 0.05) is 24.1 Å². The third-order valence-electron chi connectivity index (χ3n) is 3.79. The Morgan fingerprint density at radius 1 is 1.40 bits per heavy atom. The standard InChI is InChI=1S/C15H18N4O/c1-11-4-5-12(2)18(11)15-8-14(9-16-3)19(17-15)13-6-7-20-10-13/h4-5,8,13H,6-7,9-10H2,1-2H3/t13-/m1/s1. The first-order valence-corrected chi connectivity index (χ1v) is 6.85. The molecule has 0 bridgehead atoms. The van der Waals surface area contributed by atoms with Crippen molar-refractivity contribution in [2.45, 2.75) is 32.9 Å². The van der Waals surface area contributed by atoms with Gasteiger partial charge in [0.1, 0.15) is 5.69 Å². The average molecular weight is 270 g/mol. The molecule has 1 aliphatic rings. The molecule has 20 heavy (non-hydrogen) atoms. The summed E-state index contributed by atoms with van der Waals surface area (Å²) >= 11 is 0. The van der Waals surface area contributed by atoms with Crippen LogP contribution in [-0.4, -0.2) is 27.6 Å². The molecule has 0 amide bonds. The van der Waals surface area contributed by atoms with E-state index in [4.69, 9.17) is 16.4 Å².